The molecule has 6 nitrogen and oxygen atoms in total. The number of hydrogen-bond acceptors (Lipinski definition) is 3. The van der Waals surface area contributed by atoms with Crippen LogP contribution < -0.4 is 0 Å². The second kappa shape index (κ2) is 4.55. The Morgan fingerprint density at radius 1 is 1.37 bits per heavy atom. The third-order valence-corrected chi connectivity index (χ3v) is 3.34. The highest BCUT2D eigenvalue weighted by molar-refractivity contribution is 6.29. The number of fused-ring (bicyclic) bond motifs is 1. The van der Waals surface area contributed by atoms with E-state index >= 15 is 0 Å². The molecule has 0 spiro atoms. The van der Waals surface area contributed by atoms with E-state index in [2.05, 4.69) is 10.1 Å². The van der Waals surface area contributed by atoms with Gasteiger partial charge in [0.05, 0.1) is 30.7 Å². The molecule has 0 fully saturated rings. The highest BCUT2D eigenvalue weighted by Crippen LogP contribution is 2.26. The average molecular weight is 279 g/mol. The van der Waals surface area contributed by atoms with E-state index in [0.717, 1.165) is 11.3 Å². The van der Waals surface area contributed by atoms with Crippen LogP contribution in [-0.2, 0) is 13.1 Å². The highest BCUT2D eigenvalue weighted by Gasteiger charge is 2.24. The molecule has 2 aromatic heterocycles. The number of carboxylic acid groups (broad SMARTS) is 1. The molecule has 1 N–H and O–H groups in total. The number of rotatable bonds is 1. The van der Waals surface area contributed by atoms with Gasteiger partial charge in [-0.1, -0.05) is 17.7 Å². The van der Waals surface area contributed by atoms with Crippen molar-refractivity contribution in [3.05, 3.63) is 35.2 Å². The monoisotopic (exact) mass is 278 g/mol. The van der Waals surface area contributed by atoms with Crippen LogP contribution in [0.3, 0.4) is 0 Å². The van der Waals surface area contributed by atoms with Crippen molar-refractivity contribution in [1.29, 1.82) is 0 Å². The predicted octanol–water partition coefficient (Wildman–Crippen LogP) is 2.09. The van der Waals surface area contributed by atoms with Gasteiger partial charge in [0.15, 0.2) is 0 Å². The average Bonchev–Trinajstić information content (AvgIpc) is 2.81. The summed E-state index contributed by atoms with van der Waals surface area (Å²) in [6.07, 6.45) is 0.789. The maximum absolute atomic E-state index is 11.0. The quantitative estimate of drug-likeness (QED) is 0.811. The van der Waals surface area contributed by atoms with Crippen molar-refractivity contribution in [2.75, 3.05) is 6.54 Å². The summed E-state index contributed by atoms with van der Waals surface area (Å²) in [5, 5.41) is 13.7. The van der Waals surface area contributed by atoms with E-state index in [4.69, 9.17) is 16.7 Å². The van der Waals surface area contributed by atoms with E-state index in [1.165, 1.54) is 4.90 Å². The molecule has 3 rings (SSSR count). The van der Waals surface area contributed by atoms with Gasteiger partial charge in [0.25, 0.3) is 0 Å². The standard InChI is InChI=1S/C12H11ClN4O2/c13-11-3-1-2-9(15-11)8-6-14-17-5-4-16(12(18)19)7-10(8)17/h1-3,6H,4-5,7H2,(H,18,19). The fourth-order valence-corrected chi connectivity index (χ4v) is 2.34. The van der Waals surface area contributed by atoms with Gasteiger partial charge in [-0.2, -0.15) is 5.10 Å². The summed E-state index contributed by atoms with van der Waals surface area (Å²) in [4.78, 5) is 16.7. The van der Waals surface area contributed by atoms with Gasteiger partial charge in [0.1, 0.15) is 5.15 Å². The fraction of sp³-hybridized carbons (Fsp3) is 0.250. The lowest BCUT2D eigenvalue weighted by Gasteiger charge is -2.25. The maximum Gasteiger partial charge on any atom is 0.407 e. The normalized spacial score (nSPS) is 14.3. The lowest BCUT2D eigenvalue weighted by Crippen LogP contribution is -2.37. The number of nitrogens with zero attached hydrogens (tertiary/aromatic N) is 4. The zero-order valence-electron chi connectivity index (χ0n) is 9.95. The Morgan fingerprint density at radius 2 is 2.21 bits per heavy atom. The summed E-state index contributed by atoms with van der Waals surface area (Å²) in [6, 6.07) is 5.35. The molecule has 7 heteroatoms. The molecule has 0 aliphatic carbocycles. The zero-order chi connectivity index (χ0) is 13.4. The Hall–Kier alpha value is -2.08. The fourth-order valence-electron chi connectivity index (χ4n) is 2.18. The van der Waals surface area contributed by atoms with Gasteiger partial charge in [-0.05, 0) is 12.1 Å². The van der Waals surface area contributed by atoms with E-state index in [0.29, 0.717) is 30.5 Å². The predicted molar refractivity (Wildman–Crippen MR) is 68.9 cm³/mol. The van der Waals surface area contributed by atoms with Crippen LogP contribution in [0.4, 0.5) is 4.79 Å². The van der Waals surface area contributed by atoms with Gasteiger partial charge in [0.2, 0.25) is 0 Å². The van der Waals surface area contributed by atoms with Crippen LogP contribution in [-0.4, -0.2) is 37.4 Å². The second-order valence-electron chi connectivity index (χ2n) is 4.28. The molecule has 0 atom stereocenters. The maximum atomic E-state index is 11.0. The minimum absolute atomic E-state index is 0.318. The molecular weight excluding hydrogens is 268 g/mol. The van der Waals surface area contributed by atoms with Crippen molar-refractivity contribution in [2.24, 2.45) is 0 Å². The molecule has 0 saturated carbocycles. The summed E-state index contributed by atoms with van der Waals surface area (Å²) in [6.45, 7) is 1.33. The zero-order valence-corrected chi connectivity index (χ0v) is 10.7. The molecule has 19 heavy (non-hydrogen) atoms. The number of amides is 1. The molecular formula is C12H11ClN4O2. The van der Waals surface area contributed by atoms with Crippen molar-refractivity contribution in [1.82, 2.24) is 19.7 Å². The molecule has 0 saturated heterocycles. The number of carbonyl (C=O) groups is 1. The lowest BCUT2D eigenvalue weighted by molar-refractivity contribution is 0.131. The number of halogens is 1. The molecule has 0 unspecified atom stereocenters. The summed E-state index contributed by atoms with van der Waals surface area (Å²) >= 11 is 5.88. The topological polar surface area (TPSA) is 71.2 Å². The molecule has 98 valence electrons. The third kappa shape index (κ3) is 2.15. The summed E-state index contributed by atoms with van der Waals surface area (Å²) in [5.41, 5.74) is 2.39. The van der Waals surface area contributed by atoms with Crippen molar-refractivity contribution in [2.45, 2.75) is 13.1 Å². The van der Waals surface area contributed by atoms with Gasteiger partial charge in [0, 0.05) is 12.1 Å². The van der Waals surface area contributed by atoms with Crippen LogP contribution in [0, 0.1) is 0 Å². The molecule has 2 aromatic rings. The number of pyridine rings is 1. The summed E-state index contributed by atoms with van der Waals surface area (Å²) in [5.74, 6) is 0. The van der Waals surface area contributed by atoms with Gasteiger partial charge >= 0.3 is 6.09 Å². The third-order valence-electron chi connectivity index (χ3n) is 3.13. The molecule has 1 aliphatic heterocycles. The first-order valence-electron chi connectivity index (χ1n) is 5.80. The highest BCUT2D eigenvalue weighted by atomic mass is 35.5. The van der Waals surface area contributed by atoms with Crippen LogP contribution in [0.25, 0.3) is 11.3 Å². The molecule has 1 amide bonds. The Bertz CT molecular complexity index is 640. The van der Waals surface area contributed by atoms with Crippen LogP contribution in [0.1, 0.15) is 5.69 Å². The molecule has 0 bridgehead atoms. The van der Waals surface area contributed by atoms with Crippen LogP contribution in [0.2, 0.25) is 5.15 Å². The number of aromatic nitrogens is 3. The van der Waals surface area contributed by atoms with Crippen LogP contribution >= 0.6 is 11.6 Å². The van der Waals surface area contributed by atoms with Gasteiger partial charge < -0.3 is 10.0 Å². The van der Waals surface area contributed by atoms with Gasteiger partial charge in [-0.25, -0.2) is 9.78 Å². The van der Waals surface area contributed by atoms with E-state index < -0.39 is 6.09 Å². The van der Waals surface area contributed by atoms with E-state index in [-0.39, 0.29) is 0 Å². The van der Waals surface area contributed by atoms with E-state index in [9.17, 15) is 4.79 Å². The van der Waals surface area contributed by atoms with E-state index in [1.807, 2.05) is 16.8 Å². The van der Waals surface area contributed by atoms with Crippen LogP contribution in [0.5, 0.6) is 0 Å². The first-order chi connectivity index (χ1) is 9.15. The largest absolute Gasteiger partial charge is 0.465 e. The van der Waals surface area contributed by atoms with E-state index in [1.54, 1.807) is 12.3 Å². The smallest absolute Gasteiger partial charge is 0.407 e. The Morgan fingerprint density at radius 3 is 2.95 bits per heavy atom. The second-order valence-corrected chi connectivity index (χ2v) is 4.67. The molecule has 0 radical (unpaired) electrons. The van der Waals surface area contributed by atoms with Crippen LogP contribution in [0.15, 0.2) is 24.4 Å². The minimum Gasteiger partial charge on any atom is -0.465 e. The molecule has 0 aromatic carbocycles. The Kier molecular flexibility index (Phi) is 2.87. The van der Waals surface area contributed by atoms with Crippen molar-refractivity contribution < 1.29 is 9.90 Å². The Labute approximate surface area is 114 Å². The Balaban J connectivity index is 2.01. The summed E-state index contributed by atoms with van der Waals surface area (Å²) in [7, 11) is 0. The first-order valence-corrected chi connectivity index (χ1v) is 6.18. The SMILES string of the molecule is O=C(O)N1CCn2ncc(-c3cccc(Cl)n3)c2C1. The first kappa shape index (κ1) is 12.0. The lowest BCUT2D eigenvalue weighted by atomic mass is 10.1. The van der Waals surface area contributed by atoms with Crippen molar-refractivity contribution in [3.8, 4) is 11.3 Å². The number of hydrogen-bond donors (Lipinski definition) is 1. The summed E-state index contributed by atoms with van der Waals surface area (Å²) < 4.78 is 1.82. The van der Waals surface area contributed by atoms with Gasteiger partial charge in [-0.15, -0.1) is 0 Å². The van der Waals surface area contributed by atoms with Crippen molar-refractivity contribution in [3.63, 3.8) is 0 Å². The molecule has 3 heterocycles. The minimum atomic E-state index is -0.919. The van der Waals surface area contributed by atoms with Gasteiger partial charge in [-0.3, -0.25) is 4.68 Å². The van der Waals surface area contributed by atoms with Crippen molar-refractivity contribution >= 4 is 17.7 Å². The molecule has 1 aliphatic rings.